The topological polar surface area (TPSA) is 49.6 Å². The lowest BCUT2D eigenvalue weighted by Gasteiger charge is -2.35. The summed E-state index contributed by atoms with van der Waals surface area (Å²) in [5.41, 5.74) is 7.24. The Morgan fingerprint density at radius 2 is 1.83 bits per heavy atom. The molecule has 126 valence electrons. The summed E-state index contributed by atoms with van der Waals surface area (Å²) in [6.07, 6.45) is 5.10. The highest BCUT2D eigenvalue weighted by Crippen LogP contribution is 2.09. The van der Waals surface area contributed by atoms with Gasteiger partial charge in [-0.3, -0.25) is 9.69 Å². The third-order valence-corrected chi connectivity index (χ3v) is 4.20. The molecule has 1 heterocycles. The Kier molecular flexibility index (Phi) is 6.81. The number of carbonyl (C=O) groups is 1. The normalized spacial score (nSPS) is 17.8. The molecule has 0 spiro atoms. The first kappa shape index (κ1) is 17.7. The van der Waals surface area contributed by atoms with Crippen molar-refractivity contribution in [2.45, 2.75) is 26.3 Å². The van der Waals surface area contributed by atoms with Gasteiger partial charge in [-0.25, -0.2) is 0 Å². The molecular formula is C19H29N3O. The first-order chi connectivity index (χ1) is 11.1. The number of benzene rings is 1. The quantitative estimate of drug-likeness (QED) is 0.876. The Hall–Kier alpha value is -1.65. The van der Waals surface area contributed by atoms with E-state index in [1.807, 2.05) is 23.1 Å². The average Bonchev–Trinajstić information content (AvgIpc) is 2.55. The van der Waals surface area contributed by atoms with Crippen LogP contribution in [0, 0.1) is 5.92 Å². The molecule has 1 atom stereocenters. The zero-order valence-corrected chi connectivity index (χ0v) is 14.3. The summed E-state index contributed by atoms with van der Waals surface area (Å²) in [6.45, 7) is 8.52. The van der Waals surface area contributed by atoms with Gasteiger partial charge in [0.25, 0.3) is 0 Å². The summed E-state index contributed by atoms with van der Waals surface area (Å²) in [5.74, 6) is 0.566. The molecule has 1 fully saturated rings. The van der Waals surface area contributed by atoms with Gasteiger partial charge in [-0.2, -0.15) is 0 Å². The van der Waals surface area contributed by atoms with Crippen LogP contribution in [0.5, 0.6) is 0 Å². The molecule has 0 unspecified atom stereocenters. The lowest BCUT2D eigenvalue weighted by atomic mass is 10.0. The average molecular weight is 315 g/mol. The summed E-state index contributed by atoms with van der Waals surface area (Å²) in [7, 11) is 0. The molecule has 1 aliphatic heterocycles. The minimum Gasteiger partial charge on any atom is -0.339 e. The van der Waals surface area contributed by atoms with E-state index in [1.54, 1.807) is 0 Å². The molecule has 23 heavy (non-hydrogen) atoms. The van der Waals surface area contributed by atoms with Crippen LogP contribution >= 0.6 is 0 Å². The van der Waals surface area contributed by atoms with E-state index < -0.39 is 0 Å². The first-order valence-corrected chi connectivity index (χ1v) is 8.54. The Morgan fingerprint density at radius 3 is 2.43 bits per heavy atom. The summed E-state index contributed by atoms with van der Waals surface area (Å²) in [6, 6.07) is 9.97. The van der Waals surface area contributed by atoms with Gasteiger partial charge in [-0.1, -0.05) is 56.3 Å². The number of hydrogen-bond acceptors (Lipinski definition) is 3. The summed E-state index contributed by atoms with van der Waals surface area (Å²) < 4.78 is 0. The number of hydrogen-bond donors (Lipinski definition) is 1. The molecule has 4 heteroatoms. The van der Waals surface area contributed by atoms with Gasteiger partial charge in [-0.15, -0.1) is 0 Å². The van der Waals surface area contributed by atoms with Crippen molar-refractivity contribution < 1.29 is 4.79 Å². The highest BCUT2D eigenvalue weighted by molar-refractivity contribution is 5.81. The highest BCUT2D eigenvalue weighted by Gasteiger charge is 2.25. The number of rotatable bonds is 6. The van der Waals surface area contributed by atoms with Gasteiger partial charge in [0.15, 0.2) is 0 Å². The minimum atomic E-state index is -0.348. The van der Waals surface area contributed by atoms with Crippen LogP contribution in [0.25, 0.3) is 6.08 Å². The van der Waals surface area contributed by atoms with Crippen molar-refractivity contribution in [1.29, 1.82) is 0 Å². The van der Waals surface area contributed by atoms with Crippen molar-refractivity contribution in [3.05, 3.63) is 42.0 Å². The molecule has 1 aromatic rings. The van der Waals surface area contributed by atoms with E-state index in [9.17, 15) is 4.79 Å². The van der Waals surface area contributed by atoms with E-state index in [-0.39, 0.29) is 11.9 Å². The summed E-state index contributed by atoms with van der Waals surface area (Å²) in [5, 5.41) is 0. The largest absolute Gasteiger partial charge is 0.339 e. The molecular weight excluding hydrogens is 286 g/mol. The predicted octanol–water partition coefficient (Wildman–Crippen LogP) is 2.22. The van der Waals surface area contributed by atoms with Crippen LogP contribution < -0.4 is 5.73 Å². The van der Waals surface area contributed by atoms with Gasteiger partial charge in [-0.05, 0) is 17.9 Å². The second kappa shape index (κ2) is 8.85. The van der Waals surface area contributed by atoms with Crippen LogP contribution in [0.4, 0.5) is 0 Å². The minimum absolute atomic E-state index is 0.109. The Balaban J connectivity index is 1.73. The molecule has 0 aliphatic carbocycles. The molecule has 2 rings (SSSR count). The van der Waals surface area contributed by atoms with Crippen LogP contribution in [0.3, 0.4) is 0 Å². The Labute approximate surface area is 140 Å². The van der Waals surface area contributed by atoms with Gasteiger partial charge in [0.2, 0.25) is 5.91 Å². The molecule has 1 aromatic carbocycles. The van der Waals surface area contributed by atoms with E-state index in [0.717, 1.165) is 39.1 Å². The van der Waals surface area contributed by atoms with E-state index in [0.29, 0.717) is 5.92 Å². The fourth-order valence-electron chi connectivity index (χ4n) is 2.90. The van der Waals surface area contributed by atoms with Gasteiger partial charge in [0.05, 0.1) is 6.04 Å². The van der Waals surface area contributed by atoms with Crippen LogP contribution in [0.1, 0.15) is 25.8 Å². The maximum atomic E-state index is 12.3. The van der Waals surface area contributed by atoms with E-state index in [1.165, 1.54) is 5.56 Å². The second-order valence-corrected chi connectivity index (χ2v) is 6.67. The van der Waals surface area contributed by atoms with E-state index in [2.05, 4.69) is 43.0 Å². The van der Waals surface area contributed by atoms with Crippen molar-refractivity contribution in [3.63, 3.8) is 0 Å². The van der Waals surface area contributed by atoms with E-state index in [4.69, 9.17) is 5.73 Å². The van der Waals surface area contributed by atoms with Crippen molar-refractivity contribution in [1.82, 2.24) is 9.80 Å². The molecule has 1 amide bonds. The smallest absolute Gasteiger partial charge is 0.239 e. The molecule has 4 nitrogen and oxygen atoms in total. The first-order valence-electron chi connectivity index (χ1n) is 8.54. The number of nitrogens with zero attached hydrogens (tertiary/aromatic N) is 2. The fourth-order valence-corrected chi connectivity index (χ4v) is 2.90. The molecule has 2 N–H and O–H groups in total. The van der Waals surface area contributed by atoms with Crippen LogP contribution in [0.2, 0.25) is 0 Å². The van der Waals surface area contributed by atoms with Gasteiger partial charge >= 0.3 is 0 Å². The highest BCUT2D eigenvalue weighted by atomic mass is 16.2. The van der Waals surface area contributed by atoms with Gasteiger partial charge in [0.1, 0.15) is 0 Å². The SMILES string of the molecule is CC(C)C[C@@H](N)C(=O)N1CCN(C/C=C/c2ccccc2)CC1. The lowest BCUT2D eigenvalue weighted by Crippen LogP contribution is -2.53. The second-order valence-electron chi connectivity index (χ2n) is 6.67. The number of piperazine rings is 1. The maximum Gasteiger partial charge on any atom is 0.239 e. The van der Waals surface area contributed by atoms with Crippen molar-refractivity contribution in [3.8, 4) is 0 Å². The molecule has 1 saturated heterocycles. The summed E-state index contributed by atoms with van der Waals surface area (Å²) >= 11 is 0. The third kappa shape index (κ3) is 5.81. The van der Waals surface area contributed by atoms with Crippen molar-refractivity contribution >= 4 is 12.0 Å². The van der Waals surface area contributed by atoms with E-state index >= 15 is 0 Å². The maximum absolute atomic E-state index is 12.3. The van der Waals surface area contributed by atoms with Crippen molar-refractivity contribution in [2.24, 2.45) is 11.7 Å². The lowest BCUT2D eigenvalue weighted by molar-refractivity contribution is -0.134. The molecule has 0 radical (unpaired) electrons. The van der Waals surface area contributed by atoms with Crippen LogP contribution in [-0.2, 0) is 4.79 Å². The number of nitrogens with two attached hydrogens (primary N) is 1. The van der Waals surface area contributed by atoms with Crippen molar-refractivity contribution in [2.75, 3.05) is 32.7 Å². The molecule has 0 bridgehead atoms. The monoisotopic (exact) mass is 315 g/mol. The fraction of sp³-hybridized carbons (Fsp3) is 0.526. The standard InChI is InChI=1S/C19H29N3O/c1-16(2)15-18(20)19(23)22-13-11-21(12-14-22)10-6-9-17-7-4-3-5-8-17/h3-9,16,18H,10-15,20H2,1-2H3/b9-6+/t18-/m1/s1. The Bertz CT molecular complexity index is 505. The van der Waals surface area contributed by atoms with Gasteiger partial charge < -0.3 is 10.6 Å². The molecule has 0 aromatic heterocycles. The predicted molar refractivity (Wildman–Crippen MR) is 95.9 cm³/mol. The number of amides is 1. The zero-order chi connectivity index (χ0) is 16.7. The number of carbonyl (C=O) groups excluding carboxylic acids is 1. The van der Waals surface area contributed by atoms with Gasteiger partial charge in [0, 0.05) is 32.7 Å². The summed E-state index contributed by atoms with van der Waals surface area (Å²) in [4.78, 5) is 16.6. The van der Waals surface area contributed by atoms with Crippen LogP contribution in [0.15, 0.2) is 36.4 Å². The Morgan fingerprint density at radius 1 is 1.17 bits per heavy atom. The third-order valence-electron chi connectivity index (χ3n) is 4.20. The van der Waals surface area contributed by atoms with Crippen LogP contribution in [-0.4, -0.2) is 54.5 Å². The molecule has 0 saturated carbocycles. The zero-order valence-electron chi connectivity index (χ0n) is 14.3. The molecule has 1 aliphatic rings.